The van der Waals surface area contributed by atoms with Crippen molar-refractivity contribution in [1.29, 1.82) is 0 Å². The number of aldehydes is 1. The lowest BCUT2D eigenvalue weighted by atomic mass is 10.0. The molecular formula is C18H26ClN5O4. The Hall–Kier alpha value is -2.56. The van der Waals surface area contributed by atoms with Gasteiger partial charge in [-0.3, -0.25) is 15.4 Å². The van der Waals surface area contributed by atoms with Crippen molar-refractivity contribution in [2.75, 3.05) is 21.1 Å². The molecule has 10 heteroatoms. The highest BCUT2D eigenvalue weighted by Crippen LogP contribution is 2.38. The Kier molecular flexibility index (Phi) is 12.3. The van der Waals surface area contributed by atoms with E-state index in [1.54, 1.807) is 6.07 Å². The number of hydrogen-bond acceptors (Lipinski definition) is 8. The summed E-state index contributed by atoms with van der Waals surface area (Å²) in [4.78, 5) is 21.3. The van der Waals surface area contributed by atoms with Gasteiger partial charge in [-0.1, -0.05) is 23.7 Å². The molecule has 2 aromatic carbocycles. The molecule has 0 aliphatic carbocycles. The number of nitrogens with zero attached hydrogens (tertiary/aromatic N) is 1. The molecule has 0 saturated carbocycles. The minimum absolute atomic E-state index is 0.108. The molecule has 9 nitrogen and oxygen atoms in total. The van der Waals surface area contributed by atoms with Crippen LogP contribution in [0.2, 0.25) is 5.02 Å². The number of halogens is 1. The van der Waals surface area contributed by atoms with Crippen LogP contribution >= 0.6 is 11.6 Å². The van der Waals surface area contributed by atoms with Crippen LogP contribution in [0.15, 0.2) is 36.4 Å². The number of benzene rings is 2. The number of non-ortho nitro benzene ring substituents is 1. The monoisotopic (exact) mass is 411 g/mol. The molecule has 0 aromatic heterocycles. The summed E-state index contributed by atoms with van der Waals surface area (Å²) in [6, 6.07) is 9.04. The van der Waals surface area contributed by atoms with Crippen LogP contribution in [-0.4, -0.2) is 32.4 Å². The molecule has 0 amide bonds. The zero-order valence-electron chi connectivity index (χ0n) is 16.0. The highest BCUT2D eigenvalue weighted by molar-refractivity contribution is 6.32. The third kappa shape index (κ3) is 6.25. The molecule has 28 heavy (non-hydrogen) atoms. The lowest BCUT2D eigenvalue weighted by molar-refractivity contribution is -0.384. The molecule has 1 atom stereocenters. The minimum Gasteiger partial charge on any atom is -0.455 e. The van der Waals surface area contributed by atoms with E-state index in [0.717, 1.165) is 17.4 Å². The van der Waals surface area contributed by atoms with Crippen LogP contribution in [0.4, 0.5) is 5.69 Å². The highest BCUT2D eigenvalue weighted by Gasteiger charge is 2.25. The number of carbonyl (C=O) groups is 1. The van der Waals surface area contributed by atoms with Gasteiger partial charge in [0.15, 0.2) is 0 Å². The van der Waals surface area contributed by atoms with Crippen molar-refractivity contribution >= 4 is 23.6 Å². The molecule has 1 aliphatic heterocycles. The second-order valence-electron chi connectivity index (χ2n) is 4.80. The van der Waals surface area contributed by atoms with Gasteiger partial charge >= 0.3 is 0 Å². The Balaban J connectivity index is 0.00000111. The summed E-state index contributed by atoms with van der Waals surface area (Å²) in [6.07, 6.45) is 0.816. The van der Waals surface area contributed by atoms with Crippen molar-refractivity contribution < 1.29 is 14.5 Å². The summed E-state index contributed by atoms with van der Waals surface area (Å²) in [6.45, 7) is 0.587. The molecule has 1 heterocycles. The smallest absolute Gasteiger partial charge is 0.271 e. The standard InChI is InChI=1S/C15H11ClN2O4.3CH5N/c16-11-6-10(18(20)21)4-5-13(11)22-14-3-1-2-9-7-17-12(8-19)15(9)14;3*1-2/h1-6,8,12,17H,7H2;3*2H2,1H3. The number of nitro groups is 1. The number of nitrogens with two attached hydrogens (primary N) is 3. The summed E-state index contributed by atoms with van der Waals surface area (Å²) in [5.41, 5.74) is 15.1. The lowest BCUT2D eigenvalue weighted by Crippen LogP contribution is -2.13. The molecule has 3 rings (SSSR count). The van der Waals surface area contributed by atoms with Crippen molar-refractivity contribution in [2.24, 2.45) is 17.2 Å². The van der Waals surface area contributed by atoms with Crippen LogP contribution in [0, 0.1) is 10.1 Å². The van der Waals surface area contributed by atoms with Crippen LogP contribution in [0.1, 0.15) is 17.2 Å². The van der Waals surface area contributed by atoms with Gasteiger partial charge < -0.3 is 26.7 Å². The average Bonchev–Trinajstić information content (AvgIpc) is 3.18. The second kappa shape index (κ2) is 13.6. The molecule has 0 spiro atoms. The van der Waals surface area contributed by atoms with Crippen LogP contribution < -0.4 is 27.3 Å². The molecule has 7 N–H and O–H groups in total. The third-order valence-electron chi connectivity index (χ3n) is 3.46. The topological polar surface area (TPSA) is 160 Å². The molecule has 0 saturated heterocycles. The fraction of sp³-hybridized carbons (Fsp3) is 0.278. The van der Waals surface area contributed by atoms with Crippen molar-refractivity contribution in [3.05, 3.63) is 62.7 Å². The second-order valence-corrected chi connectivity index (χ2v) is 5.20. The summed E-state index contributed by atoms with van der Waals surface area (Å²) >= 11 is 6.03. The maximum Gasteiger partial charge on any atom is 0.271 e. The molecule has 0 radical (unpaired) electrons. The molecule has 0 fully saturated rings. The summed E-state index contributed by atoms with van der Waals surface area (Å²) in [5, 5.41) is 13.9. The SMILES string of the molecule is CN.CN.CN.O=CC1NCc2cccc(Oc3ccc([N+](=O)[O-])cc3Cl)c21. The molecule has 0 bridgehead atoms. The highest BCUT2D eigenvalue weighted by atomic mass is 35.5. The van der Waals surface area contributed by atoms with E-state index < -0.39 is 11.0 Å². The Morgan fingerprint density at radius 2 is 1.79 bits per heavy atom. The first-order valence-corrected chi connectivity index (χ1v) is 8.63. The lowest BCUT2D eigenvalue weighted by Gasteiger charge is -2.13. The van der Waals surface area contributed by atoms with E-state index in [2.05, 4.69) is 22.5 Å². The van der Waals surface area contributed by atoms with Crippen molar-refractivity contribution in [3.63, 3.8) is 0 Å². The average molecular weight is 412 g/mol. The van der Waals surface area contributed by atoms with Gasteiger partial charge in [-0.05, 0) is 38.8 Å². The van der Waals surface area contributed by atoms with Gasteiger partial charge in [0, 0.05) is 24.2 Å². The Bertz CT molecular complexity index is 774. The number of hydrogen-bond donors (Lipinski definition) is 4. The Labute approximate surface area is 168 Å². The predicted molar refractivity (Wildman–Crippen MR) is 111 cm³/mol. The van der Waals surface area contributed by atoms with Gasteiger partial charge in [0.25, 0.3) is 5.69 Å². The van der Waals surface area contributed by atoms with Crippen molar-refractivity contribution in [2.45, 2.75) is 12.6 Å². The van der Waals surface area contributed by atoms with Crippen LogP contribution in [0.3, 0.4) is 0 Å². The molecule has 1 aliphatic rings. The number of fused-ring (bicyclic) bond motifs is 1. The summed E-state index contributed by atoms with van der Waals surface area (Å²) in [5.74, 6) is 0.813. The van der Waals surface area contributed by atoms with E-state index in [9.17, 15) is 14.9 Å². The van der Waals surface area contributed by atoms with Gasteiger partial charge in [0.05, 0.1) is 16.0 Å². The van der Waals surface area contributed by atoms with E-state index in [4.69, 9.17) is 16.3 Å². The normalized spacial score (nSPS) is 13.3. The molecular weight excluding hydrogens is 386 g/mol. The zero-order valence-corrected chi connectivity index (χ0v) is 16.8. The fourth-order valence-electron chi connectivity index (χ4n) is 2.43. The minimum atomic E-state index is -0.526. The van der Waals surface area contributed by atoms with Crippen LogP contribution in [-0.2, 0) is 11.3 Å². The number of rotatable bonds is 4. The van der Waals surface area contributed by atoms with Crippen molar-refractivity contribution in [3.8, 4) is 11.5 Å². The number of nitrogens with one attached hydrogen (secondary N) is 1. The van der Waals surface area contributed by atoms with Gasteiger partial charge in [-0.2, -0.15) is 0 Å². The molecule has 154 valence electrons. The van der Waals surface area contributed by atoms with Gasteiger partial charge in [-0.15, -0.1) is 0 Å². The maximum absolute atomic E-state index is 11.1. The van der Waals surface area contributed by atoms with E-state index >= 15 is 0 Å². The first-order valence-electron chi connectivity index (χ1n) is 8.25. The van der Waals surface area contributed by atoms with Crippen LogP contribution in [0.5, 0.6) is 11.5 Å². The fourth-order valence-corrected chi connectivity index (χ4v) is 2.64. The van der Waals surface area contributed by atoms with Crippen molar-refractivity contribution in [1.82, 2.24) is 5.32 Å². The summed E-state index contributed by atoms with van der Waals surface area (Å²) in [7, 11) is 4.50. The summed E-state index contributed by atoms with van der Waals surface area (Å²) < 4.78 is 5.77. The van der Waals surface area contributed by atoms with E-state index in [0.29, 0.717) is 18.0 Å². The van der Waals surface area contributed by atoms with Crippen LogP contribution in [0.25, 0.3) is 0 Å². The predicted octanol–water partition coefficient (Wildman–Crippen LogP) is 2.11. The Morgan fingerprint density at radius 1 is 1.14 bits per heavy atom. The number of carbonyl (C=O) groups excluding carboxylic acids is 1. The first-order chi connectivity index (χ1) is 13.6. The van der Waals surface area contributed by atoms with E-state index in [1.807, 2.05) is 12.1 Å². The van der Waals surface area contributed by atoms with E-state index in [1.165, 1.54) is 39.3 Å². The largest absolute Gasteiger partial charge is 0.455 e. The van der Waals surface area contributed by atoms with Gasteiger partial charge in [0.1, 0.15) is 17.8 Å². The quantitative estimate of drug-likeness (QED) is 0.338. The van der Waals surface area contributed by atoms with Gasteiger partial charge in [-0.25, -0.2) is 0 Å². The first kappa shape index (κ1) is 25.4. The van der Waals surface area contributed by atoms with Gasteiger partial charge in [0.2, 0.25) is 0 Å². The number of ether oxygens (including phenoxy) is 1. The van der Waals surface area contributed by atoms with E-state index in [-0.39, 0.29) is 10.7 Å². The molecule has 1 unspecified atom stereocenters. The zero-order chi connectivity index (χ0) is 21.7. The maximum atomic E-state index is 11.1. The Morgan fingerprint density at radius 3 is 2.32 bits per heavy atom. The molecule has 2 aromatic rings. The third-order valence-corrected chi connectivity index (χ3v) is 3.76. The number of nitro benzene ring substituents is 1.